The number of aromatic nitrogens is 2. The molecule has 24 heavy (non-hydrogen) atoms. The number of hydrazone groups is 1. The highest BCUT2D eigenvalue weighted by Crippen LogP contribution is 2.24. The standard InChI is InChI=1S/C15H15BrN4O4/c1-8-10(14(22)19-15(23)18-8)6-13(21)20-17-7-9-3-4-12(24-2)11(16)5-9/h3-5,7H,6H2,1-2H3,(H,20,21)(H2,18,19,22,23)/b17-7-. The number of nitrogens with zero attached hydrogens (tertiary/aromatic N) is 1. The van der Waals surface area contributed by atoms with Gasteiger partial charge in [0.2, 0.25) is 5.91 Å². The third-order valence-electron chi connectivity index (χ3n) is 3.17. The van der Waals surface area contributed by atoms with Crippen molar-refractivity contribution in [3.8, 4) is 5.75 Å². The minimum Gasteiger partial charge on any atom is -0.496 e. The molecule has 0 aliphatic rings. The van der Waals surface area contributed by atoms with Crippen LogP contribution in [0.25, 0.3) is 0 Å². The fraction of sp³-hybridized carbons (Fsp3) is 0.200. The molecule has 9 heteroatoms. The van der Waals surface area contributed by atoms with E-state index in [1.807, 2.05) is 0 Å². The molecular formula is C15H15BrN4O4. The highest BCUT2D eigenvalue weighted by molar-refractivity contribution is 9.10. The van der Waals surface area contributed by atoms with Gasteiger partial charge in [0.15, 0.2) is 0 Å². The van der Waals surface area contributed by atoms with Gasteiger partial charge in [-0.15, -0.1) is 0 Å². The summed E-state index contributed by atoms with van der Waals surface area (Å²) in [5, 5.41) is 3.84. The van der Waals surface area contributed by atoms with Gasteiger partial charge in [-0.05, 0) is 46.6 Å². The van der Waals surface area contributed by atoms with E-state index in [0.717, 1.165) is 10.0 Å². The van der Waals surface area contributed by atoms with Crippen LogP contribution in [0, 0.1) is 6.92 Å². The molecule has 126 valence electrons. The first-order chi connectivity index (χ1) is 11.4. The summed E-state index contributed by atoms with van der Waals surface area (Å²) in [6.45, 7) is 1.55. The van der Waals surface area contributed by atoms with E-state index in [2.05, 4.69) is 36.4 Å². The van der Waals surface area contributed by atoms with Gasteiger partial charge >= 0.3 is 5.69 Å². The molecule has 1 amide bonds. The van der Waals surface area contributed by atoms with E-state index in [1.54, 1.807) is 32.2 Å². The third-order valence-corrected chi connectivity index (χ3v) is 3.79. The van der Waals surface area contributed by atoms with Gasteiger partial charge in [0.05, 0.1) is 24.2 Å². The lowest BCUT2D eigenvalue weighted by Gasteiger charge is -2.04. The van der Waals surface area contributed by atoms with E-state index in [9.17, 15) is 14.4 Å². The van der Waals surface area contributed by atoms with Gasteiger partial charge in [0, 0.05) is 11.3 Å². The maximum atomic E-state index is 11.9. The summed E-state index contributed by atoms with van der Waals surface area (Å²) in [4.78, 5) is 39.2. The number of amides is 1. The van der Waals surface area contributed by atoms with Gasteiger partial charge in [-0.2, -0.15) is 5.10 Å². The van der Waals surface area contributed by atoms with Crippen LogP contribution in [0.2, 0.25) is 0 Å². The zero-order valence-electron chi connectivity index (χ0n) is 13.0. The first-order valence-electron chi connectivity index (χ1n) is 6.88. The second-order valence-electron chi connectivity index (χ2n) is 4.88. The maximum Gasteiger partial charge on any atom is 0.325 e. The fourth-order valence-corrected chi connectivity index (χ4v) is 2.54. The fourth-order valence-electron chi connectivity index (χ4n) is 1.98. The Kier molecular flexibility index (Phi) is 5.69. The van der Waals surface area contributed by atoms with E-state index >= 15 is 0 Å². The molecule has 0 fully saturated rings. The number of aromatic amines is 2. The van der Waals surface area contributed by atoms with Crippen LogP contribution in [0.5, 0.6) is 5.75 Å². The molecule has 0 radical (unpaired) electrons. The minimum atomic E-state index is -0.607. The van der Waals surface area contributed by atoms with Gasteiger partial charge in [-0.3, -0.25) is 14.6 Å². The van der Waals surface area contributed by atoms with Crippen LogP contribution >= 0.6 is 15.9 Å². The maximum absolute atomic E-state index is 11.9. The molecular weight excluding hydrogens is 380 g/mol. The number of aryl methyl sites for hydroxylation is 1. The predicted octanol–water partition coefficient (Wildman–Crippen LogP) is 0.836. The summed E-state index contributed by atoms with van der Waals surface area (Å²) in [5.41, 5.74) is 2.43. The van der Waals surface area contributed by atoms with Crippen LogP contribution < -0.4 is 21.4 Å². The summed E-state index contributed by atoms with van der Waals surface area (Å²) in [7, 11) is 1.56. The lowest BCUT2D eigenvalue weighted by Crippen LogP contribution is -2.30. The van der Waals surface area contributed by atoms with Gasteiger partial charge in [-0.25, -0.2) is 10.2 Å². The Morgan fingerprint density at radius 3 is 2.75 bits per heavy atom. The summed E-state index contributed by atoms with van der Waals surface area (Å²) in [6, 6.07) is 5.32. The van der Waals surface area contributed by atoms with Crippen LogP contribution in [0.15, 0.2) is 37.4 Å². The Hall–Kier alpha value is -2.68. The SMILES string of the molecule is COc1ccc(/C=N\NC(=O)Cc2c(C)[nH]c(=O)[nH]c2=O)cc1Br. The molecule has 0 atom stereocenters. The molecule has 0 aliphatic heterocycles. The van der Waals surface area contributed by atoms with Crippen molar-refractivity contribution in [2.75, 3.05) is 7.11 Å². The van der Waals surface area contributed by atoms with Crippen LogP contribution in [-0.2, 0) is 11.2 Å². The molecule has 0 aliphatic carbocycles. The Morgan fingerprint density at radius 1 is 1.38 bits per heavy atom. The number of carbonyl (C=O) groups is 1. The van der Waals surface area contributed by atoms with Gasteiger partial charge < -0.3 is 9.72 Å². The number of rotatable bonds is 5. The van der Waals surface area contributed by atoms with Crippen LogP contribution in [0.1, 0.15) is 16.8 Å². The first kappa shape index (κ1) is 17.7. The second kappa shape index (κ2) is 7.73. The van der Waals surface area contributed by atoms with Gasteiger partial charge in [-0.1, -0.05) is 0 Å². The van der Waals surface area contributed by atoms with Gasteiger partial charge in [0.25, 0.3) is 5.56 Å². The predicted molar refractivity (Wildman–Crippen MR) is 92.6 cm³/mol. The molecule has 0 unspecified atom stereocenters. The zero-order valence-corrected chi connectivity index (χ0v) is 14.6. The van der Waals surface area contributed by atoms with E-state index < -0.39 is 17.2 Å². The molecule has 8 nitrogen and oxygen atoms in total. The quantitative estimate of drug-likeness (QED) is 0.514. The average molecular weight is 395 g/mol. The molecule has 2 aromatic rings. The monoisotopic (exact) mass is 394 g/mol. The number of H-pyrrole nitrogens is 2. The molecule has 1 heterocycles. The number of hydrogen-bond acceptors (Lipinski definition) is 5. The van der Waals surface area contributed by atoms with Crippen molar-refractivity contribution in [2.45, 2.75) is 13.3 Å². The number of hydrogen-bond donors (Lipinski definition) is 3. The topological polar surface area (TPSA) is 116 Å². The largest absolute Gasteiger partial charge is 0.496 e. The van der Waals surface area contributed by atoms with Crippen molar-refractivity contribution in [2.24, 2.45) is 5.10 Å². The Morgan fingerprint density at radius 2 is 2.12 bits per heavy atom. The van der Waals surface area contributed by atoms with Crippen LogP contribution in [0.3, 0.4) is 0 Å². The van der Waals surface area contributed by atoms with Crippen molar-refractivity contribution in [1.29, 1.82) is 0 Å². The summed E-state index contributed by atoms with van der Waals surface area (Å²) in [6.07, 6.45) is 1.27. The van der Waals surface area contributed by atoms with Gasteiger partial charge in [0.1, 0.15) is 5.75 Å². The molecule has 0 spiro atoms. The Labute approximate surface area is 145 Å². The van der Waals surface area contributed by atoms with Crippen molar-refractivity contribution in [1.82, 2.24) is 15.4 Å². The Balaban J connectivity index is 2.02. The van der Waals surface area contributed by atoms with Crippen molar-refractivity contribution < 1.29 is 9.53 Å². The lowest BCUT2D eigenvalue weighted by molar-refractivity contribution is -0.120. The average Bonchev–Trinajstić information content (AvgIpc) is 2.51. The third kappa shape index (κ3) is 4.42. The highest BCUT2D eigenvalue weighted by atomic mass is 79.9. The summed E-state index contributed by atoms with van der Waals surface area (Å²) in [5.74, 6) is 0.212. The van der Waals surface area contributed by atoms with Crippen molar-refractivity contribution in [3.05, 3.63) is 60.3 Å². The number of nitrogens with one attached hydrogen (secondary N) is 3. The minimum absolute atomic E-state index is 0.189. The first-order valence-corrected chi connectivity index (χ1v) is 7.67. The highest BCUT2D eigenvalue weighted by Gasteiger charge is 2.10. The number of ether oxygens (including phenoxy) is 1. The molecule has 0 saturated heterocycles. The molecule has 0 saturated carbocycles. The van der Waals surface area contributed by atoms with E-state index in [4.69, 9.17) is 4.74 Å². The number of halogens is 1. The Bertz CT molecular complexity index is 901. The van der Waals surface area contributed by atoms with Crippen LogP contribution in [-0.4, -0.2) is 29.2 Å². The van der Waals surface area contributed by atoms with E-state index in [0.29, 0.717) is 11.4 Å². The molecule has 1 aromatic carbocycles. The number of methoxy groups -OCH3 is 1. The number of carbonyl (C=O) groups excluding carboxylic acids is 1. The molecule has 0 bridgehead atoms. The van der Waals surface area contributed by atoms with E-state index in [1.165, 1.54) is 6.21 Å². The summed E-state index contributed by atoms with van der Waals surface area (Å²) >= 11 is 3.35. The van der Waals surface area contributed by atoms with Crippen molar-refractivity contribution in [3.63, 3.8) is 0 Å². The molecule has 3 N–H and O–H groups in total. The lowest BCUT2D eigenvalue weighted by atomic mass is 10.1. The zero-order chi connectivity index (χ0) is 17.7. The number of benzene rings is 1. The molecule has 2 rings (SSSR count). The summed E-state index contributed by atoms with van der Waals surface area (Å²) < 4.78 is 5.88. The normalized spacial score (nSPS) is 10.8. The van der Waals surface area contributed by atoms with E-state index in [-0.39, 0.29) is 12.0 Å². The smallest absolute Gasteiger partial charge is 0.325 e. The molecule has 1 aromatic heterocycles. The van der Waals surface area contributed by atoms with Crippen LogP contribution in [0.4, 0.5) is 0 Å². The second-order valence-corrected chi connectivity index (χ2v) is 5.73. The van der Waals surface area contributed by atoms with Crippen molar-refractivity contribution >= 4 is 28.1 Å².